The topological polar surface area (TPSA) is 117 Å². The van der Waals surface area contributed by atoms with Crippen LogP contribution in [-0.2, 0) is 14.3 Å². The summed E-state index contributed by atoms with van der Waals surface area (Å²) >= 11 is 0. The summed E-state index contributed by atoms with van der Waals surface area (Å²) in [7, 11) is 0. The molecule has 0 radical (unpaired) electrons. The Bertz CT molecular complexity index is 728. The summed E-state index contributed by atoms with van der Waals surface area (Å²) in [5, 5.41) is 9.72. The van der Waals surface area contributed by atoms with E-state index in [0.29, 0.717) is 6.42 Å². The molecule has 0 saturated carbocycles. The van der Waals surface area contributed by atoms with Gasteiger partial charge in [0.2, 0.25) is 0 Å². The molecule has 1 aliphatic rings. The van der Waals surface area contributed by atoms with Gasteiger partial charge in [-0.25, -0.2) is 9.18 Å². The van der Waals surface area contributed by atoms with E-state index in [1.54, 1.807) is 0 Å². The van der Waals surface area contributed by atoms with Gasteiger partial charge in [0.15, 0.2) is 18.5 Å². The van der Waals surface area contributed by atoms with Crippen molar-refractivity contribution in [1.29, 1.82) is 0 Å². The zero-order valence-corrected chi connectivity index (χ0v) is 17.2. The van der Waals surface area contributed by atoms with Gasteiger partial charge in [-0.2, -0.15) is 4.98 Å². The number of halogens is 1. The van der Waals surface area contributed by atoms with Gasteiger partial charge < -0.3 is 20.3 Å². The van der Waals surface area contributed by atoms with Gasteiger partial charge in [-0.3, -0.25) is 9.36 Å². The third kappa shape index (κ3) is 5.99. The molecule has 9 heteroatoms. The molecule has 0 spiro atoms. The number of rotatable bonds is 11. The van der Waals surface area contributed by atoms with Gasteiger partial charge in [-0.15, -0.1) is 0 Å². The number of aliphatic hydroxyl groups is 1. The Morgan fingerprint density at radius 2 is 2.00 bits per heavy atom. The molecule has 2 rings (SSSR count). The first-order valence-corrected chi connectivity index (χ1v) is 10.3. The maximum absolute atomic E-state index is 15.1. The fraction of sp³-hybridized carbons (Fsp3) is 0.750. The maximum atomic E-state index is 15.1. The van der Waals surface area contributed by atoms with Crippen molar-refractivity contribution < 1.29 is 23.8 Å². The Labute approximate surface area is 170 Å². The number of aliphatic hydroxyl groups excluding tert-OH is 1. The number of alkyl halides is 1. The first-order valence-electron chi connectivity index (χ1n) is 10.3. The van der Waals surface area contributed by atoms with Crippen LogP contribution >= 0.6 is 0 Å². The van der Waals surface area contributed by atoms with Crippen LogP contribution in [-0.4, -0.2) is 45.1 Å². The van der Waals surface area contributed by atoms with Gasteiger partial charge in [0, 0.05) is 12.6 Å². The van der Waals surface area contributed by atoms with E-state index in [9.17, 15) is 14.7 Å². The summed E-state index contributed by atoms with van der Waals surface area (Å²) < 4.78 is 27.0. The number of aromatic nitrogens is 2. The van der Waals surface area contributed by atoms with Crippen molar-refractivity contribution in [1.82, 2.24) is 9.55 Å². The number of carbonyl (C=O) groups is 1. The van der Waals surface area contributed by atoms with Crippen molar-refractivity contribution in [2.75, 3.05) is 12.3 Å². The average molecular weight is 413 g/mol. The van der Waals surface area contributed by atoms with Crippen LogP contribution in [0.25, 0.3) is 0 Å². The molecular weight excluding hydrogens is 381 g/mol. The van der Waals surface area contributed by atoms with Crippen molar-refractivity contribution in [3.8, 4) is 0 Å². The van der Waals surface area contributed by atoms with Crippen LogP contribution in [0.5, 0.6) is 0 Å². The fourth-order valence-corrected chi connectivity index (χ4v) is 3.47. The number of nitrogen functional groups attached to an aromatic ring is 1. The molecule has 1 aromatic heterocycles. The summed E-state index contributed by atoms with van der Waals surface area (Å²) in [5.74, 6) is -0.542. The monoisotopic (exact) mass is 413 g/mol. The summed E-state index contributed by atoms with van der Waals surface area (Å²) in [6, 6.07) is 1.34. The Kier molecular flexibility index (Phi) is 8.58. The lowest BCUT2D eigenvalue weighted by molar-refractivity contribution is -0.165. The van der Waals surface area contributed by atoms with E-state index in [-0.39, 0.29) is 12.2 Å². The van der Waals surface area contributed by atoms with Gasteiger partial charge in [0.05, 0.1) is 6.61 Å². The number of unbranched alkanes of at least 4 members (excludes halogenated alkanes) is 6. The third-order valence-electron chi connectivity index (χ3n) is 5.24. The van der Waals surface area contributed by atoms with Crippen molar-refractivity contribution in [2.45, 2.75) is 89.3 Å². The minimum atomic E-state index is -1.84. The molecule has 0 unspecified atom stereocenters. The molecule has 0 amide bonds. The number of ether oxygens (including phenoxy) is 2. The average Bonchev–Trinajstić information content (AvgIpc) is 2.93. The van der Waals surface area contributed by atoms with E-state index in [2.05, 4.69) is 11.9 Å². The molecule has 1 aliphatic heterocycles. The number of hydrogen-bond acceptors (Lipinski definition) is 7. The largest absolute Gasteiger partial charge is 0.456 e. The van der Waals surface area contributed by atoms with Crippen LogP contribution in [0.4, 0.5) is 10.2 Å². The predicted octanol–water partition coefficient (Wildman–Crippen LogP) is 2.50. The molecule has 1 fully saturated rings. The zero-order valence-electron chi connectivity index (χ0n) is 17.2. The molecule has 0 aliphatic carbocycles. The van der Waals surface area contributed by atoms with E-state index in [0.717, 1.165) is 23.8 Å². The fourth-order valence-electron chi connectivity index (χ4n) is 3.47. The second kappa shape index (κ2) is 10.7. The Hall–Kier alpha value is -2.00. The van der Waals surface area contributed by atoms with Gasteiger partial charge >= 0.3 is 11.7 Å². The molecule has 2 heterocycles. The standard InChI is InChI=1S/C20H32FN3O5/c1-3-4-5-6-7-8-9-10-15(26)28-17-16(21)18(29-20(17,2)13-25)24-12-11-14(22)23-19(24)27/h11-12,16-18,25H,3-10,13H2,1-2H3,(H2,22,23,27)/t16-,17+,18-,20-/m1/s1. The highest BCUT2D eigenvalue weighted by atomic mass is 19.1. The molecule has 1 saturated heterocycles. The van der Waals surface area contributed by atoms with Crippen molar-refractivity contribution in [2.24, 2.45) is 0 Å². The van der Waals surface area contributed by atoms with Gasteiger partial charge in [0.25, 0.3) is 0 Å². The number of anilines is 1. The number of hydrogen-bond donors (Lipinski definition) is 2. The van der Waals surface area contributed by atoms with Crippen molar-refractivity contribution in [3.63, 3.8) is 0 Å². The molecule has 0 aromatic carbocycles. The SMILES string of the molecule is CCCCCCCCCC(=O)O[C@H]1[C@@H](F)[C@H](n2ccc(N)nc2=O)O[C@]1(C)CO. The number of carbonyl (C=O) groups excluding carboxylic acids is 1. The molecule has 3 N–H and O–H groups in total. The molecule has 4 atom stereocenters. The Morgan fingerprint density at radius 1 is 1.34 bits per heavy atom. The van der Waals surface area contributed by atoms with E-state index < -0.39 is 42.4 Å². The summed E-state index contributed by atoms with van der Waals surface area (Å²) in [4.78, 5) is 27.8. The maximum Gasteiger partial charge on any atom is 0.351 e. The highest BCUT2D eigenvalue weighted by Gasteiger charge is 2.56. The lowest BCUT2D eigenvalue weighted by atomic mass is 9.99. The molecule has 1 aromatic rings. The number of nitrogens with two attached hydrogens (primary N) is 1. The van der Waals surface area contributed by atoms with Crippen LogP contribution in [0.3, 0.4) is 0 Å². The number of nitrogens with zero attached hydrogens (tertiary/aromatic N) is 2. The Balaban J connectivity index is 1.94. The molecule has 29 heavy (non-hydrogen) atoms. The normalized spacial score (nSPS) is 26.6. The second-order valence-corrected chi connectivity index (χ2v) is 7.75. The summed E-state index contributed by atoms with van der Waals surface area (Å²) in [6.07, 6.45) is 4.25. The second-order valence-electron chi connectivity index (χ2n) is 7.75. The predicted molar refractivity (Wildman–Crippen MR) is 106 cm³/mol. The first kappa shape index (κ1) is 23.3. The first-order chi connectivity index (χ1) is 13.8. The highest BCUT2D eigenvalue weighted by molar-refractivity contribution is 5.69. The minimum Gasteiger partial charge on any atom is -0.456 e. The van der Waals surface area contributed by atoms with E-state index >= 15 is 4.39 Å². The van der Waals surface area contributed by atoms with Crippen molar-refractivity contribution in [3.05, 3.63) is 22.7 Å². The van der Waals surface area contributed by atoms with Gasteiger partial charge in [-0.1, -0.05) is 45.4 Å². The van der Waals surface area contributed by atoms with Crippen molar-refractivity contribution >= 4 is 11.8 Å². The van der Waals surface area contributed by atoms with Gasteiger partial charge in [-0.05, 0) is 19.4 Å². The molecular formula is C20H32FN3O5. The van der Waals surface area contributed by atoms with Gasteiger partial charge in [0.1, 0.15) is 11.4 Å². The molecule has 0 bridgehead atoms. The summed E-state index contributed by atoms with van der Waals surface area (Å²) in [5.41, 5.74) is 3.20. The van der Waals surface area contributed by atoms with Crippen LogP contribution in [0.15, 0.2) is 17.1 Å². The minimum absolute atomic E-state index is 0.00208. The van der Waals surface area contributed by atoms with E-state index in [1.165, 1.54) is 38.4 Å². The zero-order chi connectivity index (χ0) is 21.4. The third-order valence-corrected chi connectivity index (χ3v) is 5.24. The smallest absolute Gasteiger partial charge is 0.351 e. The molecule has 164 valence electrons. The van der Waals surface area contributed by atoms with E-state index in [1.807, 2.05) is 0 Å². The lowest BCUT2D eigenvalue weighted by Crippen LogP contribution is -2.45. The Morgan fingerprint density at radius 3 is 2.62 bits per heavy atom. The number of esters is 1. The van der Waals surface area contributed by atoms with Crippen LogP contribution in [0.1, 0.15) is 71.4 Å². The lowest BCUT2D eigenvalue weighted by Gasteiger charge is -2.27. The van der Waals surface area contributed by atoms with Crippen LogP contribution < -0.4 is 11.4 Å². The summed E-state index contributed by atoms with van der Waals surface area (Å²) in [6.45, 7) is 3.03. The van der Waals surface area contributed by atoms with Crippen LogP contribution in [0, 0.1) is 0 Å². The quantitative estimate of drug-likeness (QED) is 0.423. The van der Waals surface area contributed by atoms with E-state index in [4.69, 9.17) is 15.2 Å². The van der Waals surface area contributed by atoms with Crippen LogP contribution in [0.2, 0.25) is 0 Å². The highest BCUT2D eigenvalue weighted by Crippen LogP contribution is 2.40. The molecule has 8 nitrogen and oxygen atoms in total.